The standard InChI is InChI=1S/C21H27N3O/c1-13-9-20(15(3)24(13)18-5-4-8-22-12-18)21(25)23-14(2)19-11-16-6-7-17(19)10-16/h4-5,8-9,12,14,16-17,19H,6-7,10-11H2,1-3H3,(H,23,25)/t14-,16+,17+,19-/m1/s1. The average Bonchev–Trinajstić information content (AvgIpc) is 3.30. The molecule has 0 unspecified atom stereocenters. The van der Waals surface area contributed by atoms with Crippen LogP contribution in [0.15, 0.2) is 30.6 Å². The number of pyridine rings is 1. The lowest BCUT2D eigenvalue weighted by atomic mass is 9.84. The summed E-state index contributed by atoms with van der Waals surface area (Å²) in [5, 5.41) is 3.29. The first-order chi connectivity index (χ1) is 12.0. The molecule has 2 heterocycles. The molecule has 0 aromatic carbocycles. The van der Waals surface area contributed by atoms with Crippen molar-refractivity contribution in [2.75, 3.05) is 0 Å². The van der Waals surface area contributed by atoms with Gasteiger partial charge in [-0.25, -0.2) is 0 Å². The Morgan fingerprint density at radius 2 is 2.16 bits per heavy atom. The Morgan fingerprint density at radius 3 is 2.80 bits per heavy atom. The Morgan fingerprint density at radius 1 is 1.32 bits per heavy atom. The SMILES string of the molecule is Cc1cc(C(=O)N[C@H](C)[C@H]2C[C@H]3CC[C@H]2C3)c(C)n1-c1cccnc1. The minimum Gasteiger partial charge on any atom is -0.349 e. The summed E-state index contributed by atoms with van der Waals surface area (Å²) in [6.45, 7) is 6.23. The number of nitrogens with one attached hydrogen (secondary N) is 1. The number of amides is 1. The zero-order valence-corrected chi connectivity index (χ0v) is 15.3. The zero-order chi connectivity index (χ0) is 17.6. The monoisotopic (exact) mass is 337 g/mol. The topological polar surface area (TPSA) is 46.9 Å². The van der Waals surface area contributed by atoms with Crippen molar-refractivity contribution >= 4 is 5.91 Å². The summed E-state index contributed by atoms with van der Waals surface area (Å²) in [4.78, 5) is 17.1. The molecule has 4 nitrogen and oxygen atoms in total. The number of nitrogens with zero attached hydrogens (tertiary/aromatic N) is 2. The van der Waals surface area contributed by atoms with Gasteiger partial charge in [0.2, 0.25) is 0 Å². The minimum absolute atomic E-state index is 0.0542. The summed E-state index contributed by atoms with van der Waals surface area (Å²) in [5.74, 6) is 2.44. The van der Waals surface area contributed by atoms with Crippen LogP contribution in [-0.2, 0) is 0 Å². The van der Waals surface area contributed by atoms with Crippen molar-refractivity contribution in [3.8, 4) is 5.69 Å². The van der Waals surface area contributed by atoms with E-state index in [1.54, 1.807) is 6.20 Å². The molecule has 4 atom stereocenters. The number of carbonyl (C=O) groups excluding carboxylic acids is 1. The molecule has 2 aliphatic carbocycles. The van der Waals surface area contributed by atoms with Crippen molar-refractivity contribution in [3.05, 3.63) is 47.5 Å². The molecule has 1 N–H and O–H groups in total. The Hall–Kier alpha value is -2.10. The molecule has 0 saturated heterocycles. The van der Waals surface area contributed by atoms with Crippen LogP contribution in [-0.4, -0.2) is 21.5 Å². The highest BCUT2D eigenvalue weighted by atomic mass is 16.1. The number of fused-ring (bicyclic) bond motifs is 2. The Labute approximate surface area is 149 Å². The fourth-order valence-corrected chi connectivity index (χ4v) is 5.17. The quantitative estimate of drug-likeness (QED) is 0.915. The van der Waals surface area contributed by atoms with Gasteiger partial charge < -0.3 is 9.88 Å². The summed E-state index contributed by atoms with van der Waals surface area (Å²) in [7, 11) is 0. The second-order valence-corrected chi connectivity index (χ2v) is 7.93. The molecule has 1 amide bonds. The highest BCUT2D eigenvalue weighted by molar-refractivity contribution is 5.96. The first-order valence-electron chi connectivity index (χ1n) is 9.44. The molecule has 4 heteroatoms. The summed E-state index contributed by atoms with van der Waals surface area (Å²) >= 11 is 0. The normalized spacial score (nSPS) is 26.0. The Kier molecular flexibility index (Phi) is 4.14. The number of rotatable bonds is 4. The highest BCUT2D eigenvalue weighted by Crippen LogP contribution is 2.49. The van der Waals surface area contributed by atoms with Crippen LogP contribution in [0.4, 0.5) is 0 Å². The van der Waals surface area contributed by atoms with Gasteiger partial charge in [-0.2, -0.15) is 0 Å². The lowest BCUT2D eigenvalue weighted by Gasteiger charge is -2.28. The van der Waals surface area contributed by atoms with E-state index in [-0.39, 0.29) is 11.9 Å². The fraction of sp³-hybridized carbons (Fsp3) is 0.524. The lowest BCUT2D eigenvalue weighted by Crippen LogP contribution is -2.40. The van der Waals surface area contributed by atoms with Gasteiger partial charge in [-0.3, -0.25) is 9.78 Å². The molecule has 0 spiro atoms. The summed E-state index contributed by atoms with van der Waals surface area (Å²) in [5.41, 5.74) is 3.81. The highest BCUT2D eigenvalue weighted by Gasteiger charge is 2.42. The largest absolute Gasteiger partial charge is 0.349 e. The number of aryl methyl sites for hydroxylation is 1. The number of hydrogen-bond acceptors (Lipinski definition) is 2. The maximum Gasteiger partial charge on any atom is 0.253 e. The zero-order valence-electron chi connectivity index (χ0n) is 15.3. The number of aromatic nitrogens is 2. The number of hydrogen-bond donors (Lipinski definition) is 1. The smallest absolute Gasteiger partial charge is 0.253 e. The first kappa shape index (κ1) is 16.4. The van der Waals surface area contributed by atoms with Crippen LogP contribution in [0.2, 0.25) is 0 Å². The van der Waals surface area contributed by atoms with Crippen molar-refractivity contribution < 1.29 is 4.79 Å². The van der Waals surface area contributed by atoms with Gasteiger partial charge in [0.15, 0.2) is 0 Å². The van der Waals surface area contributed by atoms with Crippen LogP contribution in [0.1, 0.15) is 54.4 Å². The summed E-state index contributed by atoms with van der Waals surface area (Å²) in [6.07, 6.45) is 9.02. The van der Waals surface area contributed by atoms with E-state index in [1.165, 1.54) is 25.7 Å². The van der Waals surface area contributed by atoms with Gasteiger partial charge >= 0.3 is 0 Å². The molecule has 25 heavy (non-hydrogen) atoms. The molecule has 2 aliphatic rings. The van der Waals surface area contributed by atoms with Gasteiger partial charge in [-0.15, -0.1) is 0 Å². The van der Waals surface area contributed by atoms with E-state index in [0.717, 1.165) is 34.5 Å². The molecule has 4 rings (SSSR count). The van der Waals surface area contributed by atoms with Crippen molar-refractivity contribution in [2.24, 2.45) is 17.8 Å². The van der Waals surface area contributed by atoms with E-state index in [4.69, 9.17) is 0 Å². The van der Waals surface area contributed by atoms with Crippen LogP contribution in [0.5, 0.6) is 0 Å². The van der Waals surface area contributed by atoms with Gasteiger partial charge in [0.25, 0.3) is 5.91 Å². The van der Waals surface area contributed by atoms with Crippen LogP contribution in [0.25, 0.3) is 5.69 Å². The van der Waals surface area contributed by atoms with E-state index in [0.29, 0.717) is 5.92 Å². The Bertz CT molecular complexity index is 780. The van der Waals surface area contributed by atoms with Gasteiger partial charge in [0.1, 0.15) is 0 Å². The summed E-state index contributed by atoms with van der Waals surface area (Å²) < 4.78 is 2.10. The molecule has 2 fully saturated rings. The molecule has 2 aromatic rings. The first-order valence-corrected chi connectivity index (χ1v) is 9.44. The fourth-order valence-electron chi connectivity index (χ4n) is 5.17. The van der Waals surface area contributed by atoms with Gasteiger partial charge in [0, 0.05) is 23.6 Å². The van der Waals surface area contributed by atoms with Crippen LogP contribution in [0, 0.1) is 31.6 Å². The Balaban J connectivity index is 1.53. The van der Waals surface area contributed by atoms with Crippen molar-refractivity contribution in [3.63, 3.8) is 0 Å². The second kappa shape index (κ2) is 6.32. The molecule has 2 bridgehead atoms. The van der Waals surface area contributed by atoms with Crippen molar-refractivity contribution in [2.45, 2.75) is 52.5 Å². The maximum atomic E-state index is 12.9. The maximum absolute atomic E-state index is 12.9. The van der Waals surface area contributed by atoms with E-state index < -0.39 is 0 Å². The third-order valence-electron chi connectivity index (χ3n) is 6.37. The average molecular weight is 337 g/mol. The van der Waals surface area contributed by atoms with Crippen molar-refractivity contribution in [1.82, 2.24) is 14.9 Å². The molecular formula is C21H27N3O. The number of carbonyl (C=O) groups is 1. The minimum atomic E-state index is 0.0542. The predicted octanol–water partition coefficient (Wildman–Crippen LogP) is 4.04. The van der Waals surface area contributed by atoms with E-state index in [2.05, 4.69) is 21.8 Å². The molecule has 0 radical (unpaired) electrons. The molecule has 132 valence electrons. The second-order valence-electron chi connectivity index (χ2n) is 7.93. The molecule has 2 saturated carbocycles. The van der Waals surface area contributed by atoms with Crippen LogP contribution >= 0.6 is 0 Å². The molecule has 0 aliphatic heterocycles. The molecular weight excluding hydrogens is 310 g/mol. The van der Waals surface area contributed by atoms with Gasteiger partial charge in [0.05, 0.1) is 17.4 Å². The van der Waals surface area contributed by atoms with Gasteiger partial charge in [-0.1, -0.05) is 6.42 Å². The van der Waals surface area contributed by atoms with Crippen LogP contribution < -0.4 is 5.32 Å². The lowest BCUT2D eigenvalue weighted by molar-refractivity contribution is 0.0914. The third kappa shape index (κ3) is 2.88. The predicted molar refractivity (Wildman–Crippen MR) is 98.9 cm³/mol. The van der Waals surface area contributed by atoms with E-state index in [9.17, 15) is 4.79 Å². The van der Waals surface area contributed by atoms with Crippen LogP contribution in [0.3, 0.4) is 0 Å². The van der Waals surface area contributed by atoms with Crippen molar-refractivity contribution in [1.29, 1.82) is 0 Å². The van der Waals surface area contributed by atoms with E-state index >= 15 is 0 Å². The summed E-state index contributed by atoms with van der Waals surface area (Å²) in [6, 6.07) is 6.19. The van der Waals surface area contributed by atoms with Gasteiger partial charge in [-0.05, 0) is 76.0 Å². The van der Waals surface area contributed by atoms with E-state index in [1.807, 2.05) is 38.2 Å². The molecule has 2 aromatic heterocycles. The third-order valence-corrected chi connectivity index (χ3v) is 6.37.